The van der Waals surface area contributed by atoms with Crippen LogP contribution in [-0.4, -0.2) is 33.5 Å². The molecular weight excluding hydrogens is 312 g/mol. The van der Waals surface area contributed by atoms with Gasteiger partial charge in [0, 0.05) is 40.6 Å². The molecule has 0 unspecified atom stereocenters. The summed E-state index contributed by atoms with van der Waals surface area (Å²) in [6.07, 6.45) is 1.51. The van der Waals surface area contributed by atoms with Crippen molar-refractivity contribution in [2.45, 2.75) is 51.8 Å². The molecule has 0 aliphatic carbocycles. The van der Waals surface area contributed by atoms with Crippen molar-refractivity contribution in [3.63, 3.8) is 0 Å². The lowest BCUT2D eigenvalue weighted by Crippen LogP contribution is -2.35. The summed E-state index contributed by atoms with van der Waals surface area (Å²) in [5.74, 6) is 1.60. The van der Waals surface area contributed by atoms with Gasteiger partial charge in [-0.3, -0.25) is 9.53 Å². The molecule has 0 bridgehead atoms. The Hall–Kier alpha value is -1.40. The fourth-order valence-corrected chi connectivity index (χ4v) is 3.69. The van der Waals surface area contributed by atoms with Crippen molar-refractivity contribution >= 4 is 22.6 Å². The minimum Gasteiger partial charge on any atom is -0.444 e. The average molecular weight is 338 g/mol. The van der Waals surface area contributed by atoms with Gasteiger partial charge in [0.05, 0.1) is 0 Å². The van der Waals surface area contributed by atoms with Gasteiger partial charge < -0.3 is 10.1 Å². The Balaban J connectivity index is 1.78. The summed E-state index contributed by atoms with van der Waals surface area (Å²) in [5.41, 5.74) is 1.37. The minimum atomic E-state index is -0.617. The van der Waals surface area contributed by atoms with E-state index in [1.54, 1.807) is 0 Å². The van der Waals surface area contributed by atoms with E-state index >= 15 is 0 Å². The molecule has 1 fully saturated rings. The fraction of sp³-hybridized carbons (Fsp3) is 0.588. The van der Waals surface area contributed by atoms with Crippen LogP contribution in [-0.2, 0) is 22.1 Å². The molecule has 2 N–H and O–H groups in total. The first-order chi connectivity index (χ1) is 10.8. The Bertz CT molecular complexity index is 542. The highest BCUT2D eigenvalue weighted by Crippen LogP contribution is 2.14. The van der Waals surface area contributed by atoms with Crippen molar-refractivity contribution in [1.82, 2.24) is 5.32 Å². The molecule has 0 aromatic heterocycles. The number of benzene rings is 1. The Morgan fingerprint density at radius 1 is 1.22 bits per heavy atom. The molecule has 1 aromatic rings. The van der Waals surface area contributed by atoms with E-state index in [4.69, 9.17) is 4.74 Å². The van der Waals surface area contributed by atoms with Crippen molar-refractivity contribution in [2.75, 3.05) is 16.8 Å². The molecule has 5 nitrogen and oxygen atoms in total. The van der Waals surface area contributed by atoms with Crippen LogP contribution in [0, 0.1) is 0 Å². The minimum absolute atomic E-state index is 0.446. The van der Waals surface area contributed by atoms with Gasteiger partial charge in [0.1, 0.15) is 5.60 Å². The topological polar surface area (TPSA) is 67.4 Å². The molecule has 1 amide bonds. The molecule has 128 valence electrons. The molecule has 1 aliphatic heterocycles. The second kappa shape index (κ2) is 7.93. The van der Waals surface area contributed by atoms with Crippen LogP contribution in [0.25, 0.3) is 0 Å². The molecule has 23 heavy (non-hydrogen) atoms. The average Bonchev–Trinajstić information content (AvgIpc) is 2.46. The summed E-state index contributed by atoms with van der Waals surface area (Å²) < 4.78 is 16.6. The summed E-state index contributed by atoms with van der Waals surface area (Å²) in [6.45, 7) is 6.29. The van der Waals surface area contributed by atoms with Crippen molar-refractivity contribution in [1.29, 1.82) is 0 Å². The molecule has 6 heteroatoms. The molecular formula is C17H26N2O3S. The van der Waals surface area contributed by atoms with Crippen LogP contribution < -0.4 is 10.6 Å². The maximum absolute atomic E-state index is 11.7. The molecule has 1 heterocycles. The first kappa shape index (κ1) is 17.9. The number of ether oxygens (including phenoxy) is 1. The molecule has 2 rings (SSSR count). The second-order valence-electron chi connectivity index (χ2n) is 6.83. The van der Waals surface area contributed by atoms with Crippen LogP contribution in [0.1, 0.15) is 39.2 Å². The number of carbonyl (C=O) groups excluding carboxylic acids is 1. The smallest absolute Gasteiger partial charge is 0.412 e. The van der Waals surface area contributed by atoms with E-state index in [0.29, 0.717) is 6.04 Å². The van der Waals surface area contributed by atoms with Crippen molar-refractivity contribution in [2.24, 2.45) is 0 Å². The number of amides is 1. The first-order valence-electron chi connectivity index (χ1n) is 7.99. The van der Waals surface area contributed by atoms with E-state index in [0.717, 1.165) is 42.1 Å². The van der Waals surface area contributed by atoms with Gasteiger partial charge in [-0.2, -0.15) is 0 Å². The highest BCUT2D eigenvalue weighted by atomic mass is 32.2. The van der Waals surface area contributed by atoms with E-state index in [1.165, 1.54) is 0 Å². The quantitative estimate of drug-likeness (QED) is 0.885. The van der Waals surface area contributed by atoms with Gasteiger partial charge in [0.15, 0.2) is 0 Å². The lowest BCUT2D eigenvalue weighted by molar-refractivity contribution is 0.0636. The van der Waals surface area contributed by atoms with Crippen LogP contribution in [0.2, 0.25) is 0 Å². The summed E-state index contributed by atoms with van der Waals surface area (Å²) in [4.78, 5) is 11.7. The SMILES string of the molecule is CC(C)(C)OC(=O)Nc1ccc(CNC2CCS(=O)CC2)cc1. The summed E-state index contributed by atoms with van der Waals surface area (Å²) in [5, 5.41) is 6.22. The lowest BCUT2D eigenvalue weighted by Gasteiger charge is -2.22. The maximum Gasteiger partial charge on any atom is 0.412 e. The van der Waals surface area contributed by atoms with Crippen LogP contribution in [0.3, 0.4) is 0 Å². The zero-order valence-corrected chi connectivity index (χ0v) is 14.9. The molecule has 1 aromatic carbocycles. The molecule has 1 aliphatic rings. The molecule has 0 radical (unpaired) electrons. The number of hydrogen-bond donors (Lipinski definition) is 2. The van der Waals surface area contributed by atoms with E-state index < -0.39 is 22.5 Å². The van der Waals surface area contributed by atoms with Gasteiger partial charge >= 0.3 is 6.09 Å². The Kier molecular flexibility index (Phi) is 6.18. The van der Waals surface area contributed by atoms with Crippen LogP contribution in [0.5, 0.6) is 0 Å². The standard InChI is InChI=1S/C17H26N2O3S/c1-17(2,3)22-16(20)19-15-6-4-13(5-7-15)12-18-14-8-10-23(21)11-9-14/h4-7,14,18H,8-12H2,1-3H3,(H,19,20). The van der Waals surface area contributed by atoms with Gasteiger partial charge in [-0.15, -0.1) is 0 Å². The number of carbonyl (C=O) groups is 1. The van der Waals surface area contributed by atoms with Crippen molar-refractivity contribution < 1.29 is 13.7 Å². The fourth-order valence-electron chi connectivity index (χ4n) is 2.39. The highest BCUT2D eigenvalue weighted by Gasteiger charge is 2.17. The number of rotatable bonds is 4. The normalized spacial score (nSPS) is 21.7. The monoisotopic (exact) mass is 338 g/mol. The Morgan fingerprint density at radius 2 is 1.83 bits per heavy atom. The molecule has 0 spiro atoms. The highest BCUT2D eigenvalue weighted by molar-refractivity contribution is 7.85. The third-order valence-corrected chi connectivity index (χ3v) is 4.96. The largest absolute Gasteiger partial charge is 0.444 e. The van der Waals surface area contributed by atoms with E-state index in [2.05, 4.69) is 10.6 Å². The zero-order valence-electron chi connectivity index (χ0n) is 14.1. The summed E-state index contributed by atoms with van der Waals surface area (Å²) in [7, 11) is -0.617. The second-order valence-corrected chi connectivity index (χ2v) is 8.52. The molecule has 0 atom stereocenters. The van der Waals surface area contributed by atoms with Gasteiger partial charge in [0.2, 0.25) is 0 Å². The zero-order chi connectivity index (χ0) is 16.9. The third-order valence-electron chi connectivity index (χ3n) is 3.58. The van der Waals surface area contributed by atoms with Gasteiger partial charge in [0.25, 0.3) is 0 Å². The van der Waals surface area contributed by atoms with Gasteiger partial charge in [-0.05, 0) is 51.3 Å². The summed E-state index contributed by atoms with van der Waals surface area (Å²) in [6, 6.07) is 8.17. The number of hydrogen-bond acceptors (Lipinski definition) is 4. The van der Waals surface area contributed by atoms with Gasteiger partial charge in [-0.1, -0.05) is 12.1 Å². The Labute approximate surface area is 140 Å². The van der Waals surface area contributed by atoms with Crippen molar-refractivity contribution in [3.05, 3.63) is 29.8 Å². The maximum atomic E-state index is 11.7. The first-order valence-corrected chi connectivity index (χ1v) is 9.48. The van der Waals surface area contributed by atoms with Crippen LogP contribution >= 0.6 is 0 Å². The Morgan fingerprint density at radius 3 is 2.39 bits per heavy atom. The molecule has 1 saturated heterocycles. The van der Waals surface area contributed by atoms with E-state index in [9.17, 15) is 9.00 Å². The predicted molar refractivity (Wildman–Crippen MR) is 94.0 cm³/mol. The van der Waals surface area contributed by atoms with E-state index in [1.807, 2.05) is 45.0 Å². The number of nitrogens with one attached hydrogen (secondary N) is 2. The lowest BCUT2D eigenvalue weighted by atomic mass is 10.1. The summed E-state index contributed by atoms with van der Waals surface area (Å²) >= 11 is 0. The van der Waals surface area contributed by atoms with Gasteiger partial charge in [-0.25, -0.2) is 4.79 Å². The van der Waals surface area contributed by atoms with Crippen LogP contribution in [0.4, 0.5) is 10.5 Å². The molecule has 0 saturated carbocycles. The van der Waals surface area contributed by atoms with Crippen molar-refractivity contribution in [3.8, 4) is 0 Å². The third kappa shape index (κ3) is 6.71. The predicted octanol–water partition coefficient (Wildman–Crippen LogP) is 3.03. The number of anilines is 1. The van der Waals surface area contributed by atoms with E-state index in [-0.39, 0.29) is 0 Å². The van der Waals surface area contributed by atoms with Crippen LogP contribution in [0.15, 0.2) is 24.3 Å².